The summed E-state index contributed by atoms with van der Waals surface area (Å²) in [7, 11) is 1.79. The largest absolute Gasteiger partial charge is 0.365 e. The number of hydrogen-bond acceptors (Lipinski definition) is 3. The highest BCUT2D eigenvalue weighted by Gasteiger charge is 2.40. The predicted molar refractivity (Wildman–Crippen MR) is 123 cm³/mol. The van der Waals surface area contributed by atoms with Gasteiger partial charge in [-0.3, -0.25) is 14.5 Å². The first-order valence-corrected chi connectivity index (χ1v) is 10.7. The van der Waals surface area contributed by atoms with Gasteiger partial charge in [-0.1, -0.05) is 66.2 Å². The van der Waals surface area contributed by atoms with Crippen molar-refractivity contribution < 1.29 is 14.0 Å². The molecule has 3 aromatic rings. The number of carbonyl (C=O) groups excluding carboxylic acids is 2. The SMILES string of the molecule is CN(Cc1ccccc1)C1=C(c2ccc(F)cc2)C(=O)N(CCc2ccc(Cl)cc2)C1=O. The minimum absolute atomic E-state index is 0.243. The van der Waals surface area contributed by atoms with E-state index in [1.54, 1.807) is 24.1 Å². The van der Waals surface area contributed by atoms with Crippen LogP contribution in [0.5, 0.6) is 0 Å². The summed E-state index contributed by atoms with van der Waals surface area (Å²) in [5.74, 6) is -1.11. The van der Waals surface area contributed by atoms with Gasteiger partial charge in [0.15, 0.2) is 0 Å². The van der Waals surface area contributed by atoms with Crippen LogP contribution < -0.4 is 0 Å². The zero-order valence-electron chi connectivity index (χ0n) is 17.6. The van der Waals surface area contributed by atoms with Crippen molar-refractivity contribution in [3.63, 3.8) is 0 Å². The van der Waals surface area contributed by atoms with Crippen LogP contribution in [0.1, 0.15) is 16.7 Å². The Hall–Kier alpha value is -3.44. The highest BCUT2D eigenvalue weighted by molar-refractivity contribution is 6.35. The molecule has 4 nitrogen and oxygen atoms in total. The van der Waals surface area contributed by atoms with Crippen molar-refractivity contribution in [2.75, 3.05) is 13.6 Å². The van der Waals surface area contributed by atoms with Gasteiger partial charge in [0, 0.05) is 25.2 Å². The van der Waals surface area contributed by atoms with E-state index in [9.17, 15) is 14.0 Å². The van der Waals surface area contributed by atoms with Crippen molar-refractivity contribution in [1.29, 1.82) is 0 Å². The lowest BCUT2D eigenvalue weighted by atomic mass is 10.0. The number of benzene rings is 3. The highest BCUT2D eigenvalue weighted by atomic mass is 35.5. The number of amides is 2. The number of imide groups is 1. The van der Waals surface area contributed by atoms with Gasteiger partial charge in [-0.25, -0.2) is 4.39 Å². The van der Waals surface area contributed by atoms with Crippen molar-refractivity contribution in [3.8, 4) is 0 Å². The van der Waals surface area contributed by atoms with E-state index in [-0.39, 0.29) is 18.4 Å². The fourth-order valence-corrected chi connectivity index (χ4v) is 3.95. The molecule has 0 spiro atoms. The van der Waals surface area contributed by atoms with Crippen molar-refractivity contribution in [1.82, 2.24) is 9.80 Å². The lowest BCUT2D eigenvalue weighted by Gasteiger charge is -2.21. The summed E-state index contributed by atoms with van der Waals surface area (Å²) in [6.07, 6.45) is 0.515. The van der Waals surface area contributed by atoms with Crippen molar-refractivity contribution in [2.24, 2.45) is 0 Å². The van der Waals surface area contributed by atoms with Gasteiger partial charge in [0.05, 0.1) is 5.57 Å². The van der Waals surface area contributed by atoms with E-state index >= 15 is 0 Å². The molecular weight excluding hydrogens is 427 g/mol. The fourth-order valence-electron chi connectivity index (χ4n) is 3.83. The zero-order chi connectivity index (χ0) is 22.7. The molecule has 6 heteroatoms. The molecule has 0 bridgehead atoms. The summed E-state index contributed by atoms with van der Waals surface area (Å²) in [5.41, 5.74) is 3.13. The monoisotopic (exact) mass is 448 g/mol. The molecule has 0 N–H and O–H groups in total. The van der Waals surface area contributed by atoms with Gasteiger partial charge in [-0.2, -0.15) is 0 Å². The molecule has 0 unspecified atom stereocenters. The maximum atomic E-state index is 13.5. The molecule has 1 aliphatic rings. The van der Waals surface area contributed by atoms with Crippen LogP contribution in [0.15, 0.2) is 84.6 Å². The van der Waals surface area contributed by atoms with E-state index in [0.717, 1.165) is 11.1 Å². The fraction of sp³-hybridized carbons (Fsp3) is 0.154. The summed E-state index contributed by atoms with van der Waals surface area (Å²) in [4.78, 5) is 29.8. The van der Waals surface area contributed by atoms with Crippen LogP contribution in [0.4, 0.5) is 4.39 Å². The van der Waals surface area contributed by atoms with Crippen LogP contribution in [0.2, 0.25) is 5.02 Å². The van der Waals surface area contributed by atoms with Crippen molar-refractivity contribution in [3.05, 3.63) is 112 Å². The number of likely N-dealkylation sites (N-methyl/N-ethyl adjacent to an activating group) is 1. The third kappa shape index (κ3) is 4.58. The summed E-state index contributed by atoms with van der Waals surface area (Å²) in [5, 5.41) is 0.632. The number of rotatable bonds is 7. The molecule has 1 aliphatic heterocycles. The van der Waals surface area contributed by atoms with E-state index in [0.29, 0.717) is 34.8 Å². The van der Waals surface area contributed by atoms with E-state index in [2.05, 4.69) is 0 Å². The third-order valence-corrected chi connectivity index (χ3v) is 5.71. The Bertz CT molecular complexity index is 1160. The van der Waals surface area contributed by atoms with Gasteiger partial charge in [0.25, 0.3) is 11.8 Å². The number of halogens is 2. The molecule has 0 saturated carbocycles. The average molecular weight is 449 g/mol. The lowest BCUT2D eigenvalue weighted by molar-refractivity contribution is -0.137. The van der Waals surface area contributed by atoms with Crippen molar-refractivity contribution >= 4 is 29.0 Å². The second-order valence-electron chi connectivity index (χ2n) is 7.71. The Labute approximate surface area is 191 Å². The molecule has 0 aliphatic carbocycles. The Kier molecular flexibility index (Phi) is 6.37. The Morgan fingerprint density at radius 2 is 1.50 bits per heavy atom. The van der Waals surface area contributed by atoms with Gasteiger partial charge in [0.1, 0.15) is 11.5 Å². The molecule has 0 aromatic heterocycles. The standard InChI is InChI=1S/C26H22ClFN2O2/c1-29(17-19-5-3-2-4-6-19)24-23(20-9-13-22(28)14-10-20)25(31)30(26(24)32)16-15-18-7-11-21(27)12-8-18/h2-14H,15-17H2,1H3. The normalized spacial score (nSPS) is 13.8. The number of hydrogen-bond donors (Lipinski definition) is 0. The minimum atomic E-state index is -0.398. The Balaban J connectivity index is 1.64. The Morgan fingerprint density at radius 3 is 2.16 bits per heavy atom. The van der Waals surface area contributed by atoms with Gasteiger partial charge in [0.2, 0.25) is 0 Å². The van der Waals surface area contributed by atoms with Crippen LogP contribution >= 0.6 is 11.6 Å². The highest BCUT2D eigenvalue weighted by Crippen LogP contribution is 2.32. The minimum Gasteiger partial charge on any atom is -0.365 e. The molecule has 2 amide bonds. The molecule has 0 radical (unpaired) electrons. The molecule has 1 heterocycles. The molecule has 32 heavy (non-hydrogen) atoms. The first-order chi connectivity index (χ1) is 15.4. The van der Waals surface area contributed by atoms with Crippen LogP contribution in [0.25, 0.3) is 5.57 Å². The molecule has 3 aromatic carbocycles. The van der Waals surface area contributed by atoms with Gasteiger partial charge < -0.3 is 4.90 Å². The lowest BCUT2D eigenvalue weighted by Crippen LogP contribution is -2.35. The number of carbonyl (C=O) groups is 2. The van der Waals surface area contributed by atoms with Crippen LogP contribution in [-0.4, -0.2) is 35.2 Å². The first-order valence-electron chi connectivity index (χ1n) is 10.3. The van der Waals surface area contributed by atoms with Crippen LogP contribution in [-0.2, 0) is 22.6 Å². The summed E-state index contributed by atoms with van der Waals surface area (Å²) in [6.45, 7) is 0.706. The average Bonchev–Trinajstić information content (AvgIpc) is 3.04. The van der Waals surface area contributed by atoms with Gasteiger partial charge in [-0.15, -0.1) is 0 Å². The zero-order valence-corrected chi connectivity index (χ0v) is 18.3. The Morgan fingerprint density at radius 1 is 0.844 bits per heavy atom. The van der Waals surface area contributed by atoms with Gasteiger partial charge >= 0.3 is 0 Å². The third-order valence-electron chi connectivity index (χ3n) is 5.46. The summed E-state index contributed by atoms with van der Waals surface area (Å²) in [6, 6.07) is 22.7. The van der Waals surface area contributed by atoms with Crippen molar-refractivity contribution in [2.45, 2.75) is 13.0 Å². The first kappa shape index (κ1) is 21.8. The summed E-state index contributed by atoms with van der Waals surface area (Å²) >= 11 is 5.95. The predicted octanol–water partition coefficient (Wildman–Crippen LogP) is 4.93. The summed E-state index contributed by atoms with van der Waals surface area (Å²) < 4.78 is 13.5. The van der Waals surface area contributed by atoms with E-state index in [1.165, 1.54) is 29.2 Å². The molecule has 0 saturated heterocycles. The maximum absolute atomic E-state index is 13.5. The van der Waals surface area contributed by atoms with Crippen LogP contribution in [0.3, 0.4) is 0 Å². The quantitative estimate of drug-likeness (QED) is 0.481. The molecule has 4 rings (SSSR count). The van der Waals surface area contributed by atoms with Gasteiger partial charge in [-0.05, 0) is 47.4 Å². The molecular formula is C26H22ClFN2O2. The van der Waals surface area contributed by atoms with E-state index in [1.807, 2.05) is 42.5 Å². The molecule has 0 atom stereocenters. The van der Waals surface area contributed by atoms with Crippen LogP contribution in [0, 0.1) is 5.82 Å². The topological polar surface area (TPSA) is 40.6 Å². The smallest absolute Gasteiger partial charge is 0.277 e. The van der Waals surface area contributed by atoms with E-state index in [4.69, 9.17) is 11.6 Å². The molecule has 162 valence electrons. The maximum Gasteiger partial charge on any atom is 0.277 e. The number of nitrogens with zero attached hydrogens (tertiary/aromatic N) is 2. The molecule has 0 fully saturated rings. The second kappa shape index (κ2) is 9.37. The van der Waals surface area contributed by atoms with E-state index < -0.39 is 5.82 Å². The second-order valence-corrected chi connectivity index (χ2v) is 8.15.